The van der Waals surface area contributed by atoms with Crippen LogP contribution in [0.15, 0.2) is 71.0 Å². The first kappa shape index (κ1) is 16.8. The molecule has 0 saturated heterocycles. The Hall–Kier alpha value is -3.67. The van der Waals surface area contributed by atoms with Crippen molar-refractivity contribution in [1.29, 1.82) is 0 Å². The van der Waals surface area contributed by atoms with Crippen molar-refractivity contribution in [2.45, 2.75) is 13.8 Å². The quantitative estimate of drug-likeness (QED) is 0.478. The number of nitrogens with zero attached hydrogens (tertiary/aromatic N) is 4. The molecule has 0 amide bonds. The van der Waals surface area contributed by atoms with Crippen molar-refractivity contribution >= 4 is 17.2 Å². The summed E-state index contributed by atoms with van der Waals surface area (Å²) >= 11 is 0. The summed E-state index contributed by atoms with van der Waals surface area (Å²) in [4.78, 5) is 4.58. The number of azo groups is 1. The molecule has 0 aliphatic rings. The van der Waals surface area contributed by atoms with E-state index in [-0.39, 0.29) is 11.5 Å². The summed E-state index contributed by atoms with van der Waals surface area (Å²) in [6.45, 7) is 3.88. The van der Waals surface area contributed by atoms with E-state index >= 15 is 0 Å². The summed E-state index contributed by atoms with van der Waals surface area (Å²) in [6.07, 6.45) is 1.79. The van der Waals surface area contributed by atoms with Crippen LogP contribution >= 0.6 is 0 Å². The average Bonchev–Trinajstić information content (AvgIpc) is 3.02. The molecule has 0 atom stereocenters. The van der Waals surface area contributed by atoms with Gasteiger partial charge in [0, 0.05) is 11.8 Å². The van der Waals surface area contributed by atoms with Crippen LogP contribution in [0.4, 0.5) is 11.5 Å². The zero-order valence-corrected chi connectivity index (χ0v) is 15.0. The van der Waals surface area contributed by atoms with E-state index in [0.29, 0.717) is 22.8 Å². The van der Waals surface area contributed by atoms with Gasteiger partial charge in [-0.15, -0.1) is 10.2 Å². The van der Waals surface area contributed by atoms with Crippen LogP contribution in [0.2, 0.25) is 0 Å². The molecule has 6 nitrogen and oxygen atoms in total. The molecule has 0 aliphatic carbocycles. The summed E-state index contributed by atoms with van der Waals surface area (Å²) < 4.78 is 1.71. The Morgan fingerprint density at radius 3 is 2.44 bits per heavy atom. The van der Waals surface area contributed by atoms with Crippen molar-refractivity contribution in [3.8, 4) is 22.8 Å². The Morgan fingerprint density at radius 2 is 1.70 bits per heavy atom. The molecule has 0 spiro atoms. The lowest BCUT2D eigenvalue weighted by Crippen LogP contribution is -1.83. The molecular weight excluding hydrogens is 340 g/mol. The summed E-state index contributed by atoms with van der Waals surface area (Å²) in [5, 5.41) is 28.5. The predicted octanol–water partition coefficient (Wildman–Crippen LogP) is 5.44. The molecule has 27 heavy (non-hydrogen) atoms. The number of imidazole rings is 1. The third-order valence-electron chi connectivity index (χ3n) is 4.36. The number of rotatable bonds is 3. The highest BCUT2D eigenvalue weighted by atomic mass is 16.3. The molecule has 2 aromatic heterocycles. The molecule has 2 aromatic carbocycles. The Labute approximate surface area is 156 Å². The van der Waals surface area contributed by atoms with Crippen LogP contribution in [-0.4, -0.2) is 19.6 Å². The number of hydrogen-bond donors (Lipinski definition) is 2. The van der Waals surface area contributed by atoms with E-state index in [4.69, 9.17) is 0 Å². The van der Waals surface area contributed by atoms with Gasteiger partial charge in [-0.3, -0.25) is 4.40 Å². The second-order valence-electron chi connectivity index (χ2n) is 6.41. The molecule has 6 heteroatoms. The SMILES string of the molecule is Cc1ccc(-c2nc3c(O)cccn3c2N=Nc2ccc(O)cc2C)cc1. The normalized spacial score (nSPS) is 11.5. The lowest BCUT2D eigenvalue weighted by atomic mass is 10.1. The molecule has 4 aromatic rings. The first-order valence-corrected chi connectivity index (χ1v) is 8.51. The van der Waals surface area contributed by atoms with Gasteiger partial charge in [0.15, 0.2) is 17.2 Å². The fourth-order valence-electron chi connectivity index (χ4n) is 2.89. The summed E-state index contributed by atoms with van der Waals surface area (Å²) in [5.41, 5.74) is 4.56. The number of benzene rings is 2. The lowest BCUT2D eigenvalue weighted by Gasteiger charge is -2.02. The third kappa shape index (κ3) is 3.13. The van der Waals surface area contributed by atoms with E-state index in [0.717, 1.165) is 16.7 Å². The molecular formula is C21H18N4O2. The second-order valence-corrected chi connectivity index (χ2v) is 6.41. The fourth-order valence-corrected chi connectivity index (χ4v) is 2.89. The van der Waals surface area contributed by atoms with E-state index in [9.17, 15) is 10.2 Å². The molecule has 0 saturated carbocycles. The highest BCUT2D eigenvalue weighted by molar-refractivity contribution is 5.76. The van der Waals surface area contributed by atoms with Crippen LogP contribution in [0.3, 0.4) is 0 Å². The van der Waals surface area contributed by atoms with Crippen molar-refractivity contribution < 1.29 is 10.2 Å². The van der Waals surface area contributed by atoms with Crippen molar-refractivity contribution in [1.82, 2.24) is 9.38 Å². The zero-order chi connectivity index (χ0) is 19.0. The van der Waals surface area contributed by atoms with Crippen LogP contribution in [0.5, 0.6) is 11.5 Å². The van der Waals surface area contributed by atoms with E-state index in [1.807, 2.05) is 38.1 Å². The molecule has 4 rings (SSSR count). The molecule has 2 heterocycles. The lowest BCUT2D eigenvalue weighted by molar-refractivity contribution is 0.475. The maximum absolute atomic E-state index is 10.2. The molecule has 0 unspecified atom stereocenters. The molecule has 0 aliphatic heterocycles. The van der Waals surface area contributed by atoms with Gasteiger partial charge in [-0.05, 0) is 49.7 Å². The first-order chi connectivity index (χ1) is 13.0. The molecule has 0 bridgehead atoms. The summed E-state index contributed by atoms with van der Waals surface area (Å²) in [7, 11) is 0. The number of phenolic OH excluding ortho intramolecular Hbond substituents is 1. The van der Waals surface area contributed by atoms with Gasteiger partial charge in [-0.1, -0.05) is 29.8 Å². The number of aromatic hydroxyl groups is 2. The van der Waals surface area contributed by atoms with Crippen LogP contribution in [-0.2, 0) is 0 Å². The van der Waals surface area contributed by atoms with Gasteiger partial charge < -0.3 is 10.2 Å². The van der Waals surface area contributed by atoms with Crippen molar-refractivity contribution in [2.24, 2.45) is 10.2 Å². The topological polar surface area (TPSA) is 82.5 Å². The minimum absolute atomic E-state index is 0.0770. The number of aryl methyl sites for hydroxylation is 2. The third-order valence-corrected chi connectivity index (χ3v) is 4.36. The maximum Gasteiger partial charge on any atom is 0.187 e. The van der Waals surface area contributed by atoms with Gasteiger partial charge in [0.05, 0.1) is 5.69 Å². The minimum Gasteiger partial charge on any atom is -0.508 e. The van der Waals surface area contributed by atoms with Crippen molar-refractivity contribution in [3.05, 3.63) is 71.9 Å². The van der Waals surface area contributed by atoms with Gasteiger partial charge in [0.2, 0.25) is 0 Å². The van der Waals surface area contributed by atoms with Crippen LogP contribution in [0.1, 0.15) is 11.1 Å². The predicted molar refractivity (Wildman–Crippen MR) is 104 cm³/mol. The Kier molecular flexibility index (Phi) is 4.08. The van der Waals surface area contributed by atoms with Crippen LogP contribution in [0.25, 0.3) is 16.9 Å². The van der Waals surface area contributed by atoms with E-state index in [1.54, 1.807) is 40.9 Å². The maximum atomic E-state index is 10.2. The van der Waals surface area contributed by atoms with E-state index in [2.05, 4.69) is 15.2 Å². The zero-order valence-electron chi connectivity index (χ0n) is 15.0. The van der Waals surface area contributed by atoms with Gasteiger partial charge in [0.1, 0.15) is 11.4 Å². The van der Waals surface area contributed by atoms with Crippen LogP contribution in [0, 0.1) is 13.8 Å². The summed E-state index contributed by atoms with van der Waals surface area (Å²) in [5.74, 6) is 0.789. The van der Waals surface area contributed by atoms with Crippen molar-refractivity contribution in [3.63, 3.8) is 0 Å². The highest BCUT2D eigenvalue weighted by Gasteiger charge is 2.16. The Bertz CT molecular complexity index is 1160. The minimum atomic E-state index is 0.0770. The molecule has 0 fully saturated rings. The average molecular weight is 358 g/mol. The Balaban J connectivity index is 1.89. The van der Waals surface area contributed by atoms with Gasteiger partial charge in [-0.25, -0.2) is 4.98 Å². The van der Waals surface area contributed by atoms with Gasteiger partial charge >= 0.3 is 0 Å². The van der Waals surface area contributed by atoms with Gasteiger partial charge in [-0.2, -0.15) is 0 Å². The Morgan fingerprint density at radius 1 is 0.926 bits per heavy atom. The standard InChI is InChI=1S/C21H18N4O2/c1-13-5-7-15(8-6-13)19-21(25-11-3-4-18(27)20(25)22-19)24-23-17-10-9-16(26)12-14(17)2/h3-12,26-27H,1-2H3. The molecule has 134 valence electrons. The van der Waals surface area contributed by atoms with Crippen molar-refractivity contribution in [2.75, 3.05) is 0 Å². The van der Waals surface area contributed by atoms with E-state index in [1.165, 1.54) is 0 Å². The van der Waals surface area contributed by atoms with Gasteiger partial charge in [0.25, 0.3) is 0 Å². The number of aromatic nitrogens is 2. The first-order valence-electron chi connectivity index (χ1n) is 8.51. The largest absolute Gasteiger partial charge is 0.508 e. The van der Waals surface area contributed by atoms with E-state index < -0.39 is 0 Å². The number of hydrogen-bond acceptors (Lipinski definition) is 5. The summed E-state index contributed by atoms with van der Waals surface area (Å²) in [6, 6.07) is 16.2. The second kappa shape index (κ2) is 6.57. The fraction of sp³-hybridized carbons (Fsp3) is 0.0952. The smallest absolute Gasteiger partial charge is 0.187 e. The number of phenols is 1. The highest BCUT2D eigenvalue weighted by Crippen LogP contribution is 2.35. The molecule has 2 N–H and O–H groups in total. The monoisotopic (exact) mass is 358 g/mol. The number of fused-ring (bicyclic) bond motifs is 1. The van der Waals surface area contributed by atoms with Crippen LogP contribution < -0.4 is 0 Å². The number of pyridine rings is 1. The molecule has 0 radical (unpaired) electrons.